The number of hydrogen-bond donors (Lipinski definition) is 2. The van der Waals surface area contributed by atoms with Crippen LogP contribution in [-0.2, 0) is 6.42 Å². The number of thiocarbonyl (C=S) groups is 1. The van der Waals surface area contributed by atoms with Crippen molar-refractivity contribution in [1.29, 1.82) is 0 Å². The monoisotopic (exact) mass is 319 g/mol. The van der Waals surface area contributed by atoms with Gasteiger partial charge < -0.3 is 15.5 Å². The van der Waals surface area contributed by atoms with Crippen molar-refractivity contribution in [3.05, 3.63) is 29.8 Å². The molecule has 0 saturated carbocycles. The van der Waals surface area contributed by atoms with Crippen LogP contribution in [-0.4, -0.2) is 35.7 Å². The van der Waals surface area contributed by atoms with Crippen molar-refractivity contribution >= 4 is 23.0 Å². The molecule has 1 aliphatic heterocycles. The van der Waals surface area contributed by atoms with Gasteiger partial charge in [0.25, 0.3) is 0 Å². The zero-order chi connectivity index (χ0) is 15.8. The fraction of sp³-hybridized carbons (Fsp3) is 0.611. The highest BCUT2D eigenvalue weighted by atomic mass is 32.1. The van der Waals surface area contributed by atoms with Crippen LogP contribution in [0.5, 0.6) is 0 Å². The van der Waals surface area contributed by atoms with Gasteiger partial charge in [0.1, 0.15) is 0 Å². The van der Waals surface area contributed by atoms with Crippen LogP contribution in [0.2, 0.25) is 0 Å². The van der Waals surface area contributed by atoms with E-state index in [0.29, 0.717) is 0 Å². The van der Waals surface area contributed by atoms with Gasteiger partial charge >= 0.3 is 0 Å². The summed E-state index contributed by atoms with van der Waals surface area (Å²) in [4.78, 5) is 2.60. The maximum Gasteiger partial charge on any atom is 0.170 e. The third kappa shape index (κ3) is 5.58. The lowest BCUT2D eigenvalue weighted by Crippen LogP contribution is -2.39. The Labute approximate surface area is 140 Å². The van der Waals surface area contributed by atoms with Crippen LogP contribution in [0, 0.1) is 0 Å². The molecule has 0 aromatic heterocycles. The molecule has 1 aliphatic rings. The lowest BCUT2D eigenvalue weighted by molar-refractivity contribution is 0.159. The number of aryl methyl sites for hydroxylation is 1. The van der Waals surface area contributed by atoms with Crippen molar-refractivity contribution in [3.63, 3.8) is 0 Å². The molecule has 0 amide bonds. The molecular weight excluding hydrogens is 290 g/mol. The zero-order valence-electron chi connectivity index (χ0n) is 13.9. The highest BCUT2D eigenvalue weighted by Gasteiger charge is 2.16. The first-order valence-corrected chi connectivity index (χ1v) is 8.97. The van der Waals surface area contributed by atoms with E-state index in [2.05, 4.69) is 53.6 Å². The van der Waals surface area contributed by atoms with Crippen molar-refractivity contribution < 1.29 is 0 Å². The fourth-order valence-electron chi connectivity index (χ4n) is 2.97. The smallest absolute Gasteiger partial charge is 0.170 e. The van der Waals surface area contributed by atoms with E-state index < -0.39 is 0 Å². The van der Waals surface area contributed by atoms with Crippen LogP contribution in [0.1, 0.15) is 45.1 Å². The normalized spacial score (nSPS) is 18.9. The molecule has 122 valence electrons. The maximum absolute atomic E-state index is 5.35. The molecule has 1 aromatic carbocycles. The first-order valence-electron chi connectivity index (χ1n) is 8.57. The first kappa shape index (κ1) is 17.2. The number of hydrogen-bond acceptors (Lipinski definition) is 2. The fourth-order valence-corrected chi connectivity index (χ4v) is 3.19. The summed E-state index contributed by atoms with van der Waals surface area (Å²) >= 11 is 5.35. The molecule has 1 heterocycles. The Bertz CT molecular complexity index is 458. The molecule has 3 nitrogen and oxygen atoms in total. The number of benzene rings is 1. The molecule has 2 N–H and O–H groups in total. The van der Waals surface area contributed by atoms with Crippen LogP contribution >= 0.6 is 12.2 Å². The summed E-state index contributed by atoms with van der Waals surface area (Å²) < 4.78 is 0. The third-order valence-corrected chi connectivity index (χ3v) is 4.71. The number of anilines is 1. The average molecular weight is 320 g/mol. The van der Waals surface area contributed by atoms with Crippen LogP contribution in [0.4, 0.5) is 5.69 Å². The predicted molar refractivity (Wildman–Crippen MR) is 99.5 cm³/mol. The third-order valence-electron chi connectivity index (χ3n) is 4.47. The van der Waals surface area contributed by atoms with Gasteiger partial charge in [0.2, 0.25) is 0 Å². The van der Waals surface area contributed by atoms with Crippen LogP contribution in [0.15, 0.2) is 24.3 Å². The SMILES string of the molecule is CCc1ccc(NC(=S)NCCCN2CCCC[C@H]2C)cc1. The number of nitrogens with one attached hydrogen (secondary N) is 2. The van der Waals surface area contributed by atoms with E-state index in [9.17, 15) is 0 Å². The number of rotatable bonds is 6. The molecule has 1 aromatic rings. The van der Waals surface area contributed by atoms with E-state index in [-0.39, 0.29) is 0 Å². The van der Waals surface area contributed by atoms with Gasteiger partial charge in [-0.2, -0.15) is 0 Å². The number of likely N-dealkylation sites (tertiary alicyclic amines) is 1. The lowest BCUT2D eigenvalue weighted by Gasteiger charge is -2.33. The molecule has 2 rings (SSSR count). The molecule has 0 unspecified atom stereocenters. The van der Waals surface area contributed by atoms with Crippen molar-refractivity contribution in [3.8, 4) is 0 Å². The van der Waals surface area contributed by atoms with Crippen LogP contribution in [0.25, 0.3) is 0 Å². The van der Waals surface area contributed by atoms with Gasteiger partial charge in [0.05, 0.1) is 0 Å². The van der Waals surface area contributed by atoms with Gasteiger partial charge in [-0.25, -0.2) is 0 Å². The first-order chi connectivity index (χ1) is 10.7. The zero-order valence-corrected chi connectivity index (χ0v) is 14.7. The highest BCUT2D eigenvalue weighted by Crippen LogP contribution is 2.16. The maximum atomic E-state index is 5.35. The van der Waals surface area contributed by atoms with E-state index in [4.69, 9.17) is 12.2 Å². The van der Waals surface area contributed by atoms with Gasteiger partial charge in [-0.1, -0.05) is 25.5 Å². The quantitative estimate of drug-likeness (QED) is 0.616. The lowest BCUT2D eigenvalue weighted by atomic mass is 10.0. The molecule has 0 radical (unpaired) electrons. The Morgan fingerprint density at radius 2 is 2.05 bits per heavy atom. The van der Waals surface area contributed by atoms with E-state index >= 15 is 0 Å². The van der Waals surface area contributed by atoms with Crippen molar-refractivity contribution in [2.24, 2.45) is 0 Å². The van der Waals surface area contributed by atoms with Gasteiger partial charge in [-0.15, -0.1) is 0 Å². The summed E-state index contributed by atoms with van der Waals surface area (Å²) in [6, 6.07) is 9.20. The molecule has 1 atom stereocenters. The Morgan fingerprint density at radius 1 is 1.27 bits per heavy atom. The molecule has 0 bridgehead atoms. The standard InChI is InChI=1S/C18H29N3S/c1-3-16-8-10-17(11-9-16)20-18(22)19-12-6-14-21-13-5-4-7-15(21)2/h8-11,15H,3-7,12-14H2,1-2H3,(H2,19,20,22)/t15-/m1/s1. The Hall–Kier alpha value is -1.13. The predicted octanol–water partition coefficient (Wildman–Crippen LogP) is 3.80. The molecule has 4 heteroatoms. The van der Waals surface area contributed by atoms with E-state index in [1.54, 1.807) is 0 Å². The number of nitrogens with zero attached hydrogens (tertiary/aromatic N) is 1. The second-order valence-electron chi connectivity index (χ2n) is 6.17. The van der Waals surface area contributed by atoms with Crippen LogP contribution < -0.4 is 10.6 Å². The van der Waals surface area contributed by atoms with E-state index in [0.717, 1.165) is 36.2 Å². The molecule has 22 heavy (non-hydrogen) atoms. The van der Waals surface area contributed by atoms with E-state index in [1.807, 2.05) is 0 Å². The minimum Gasteiger partial charge on any atom is -0.362 e. The van der Waals surface area contributed by atoms with Crippen molar-refractivity contribution in [2.75, 3.05) is 25.0 Å². The molecule has 0 aliphatic carbocycles. The summed E-state index contributed by atoms with van der Waals surface area (Å²) in [5.41, 5.74) is 2.40. The number of piperidine rings is 1. The summed E-state index contributed by atoms with van der Waals surface area (Å²) in [6.07, 6.45) is 6.30. The Kier molecular flexibility index (Phi) is 7.13. The molecule has 1 saturated heterocycles. The summed E-state index contributed by atoms with van der Waals surface area (Å²) in [5.74, 6) is 0. The van der Waals surface area contributed by atoms with E-state index in [1.165, 1.54) is 37.9 Å². The second kappa shape index (κ2) is 9.11. The van der Waals surface area contributed by atoms with Crippen molar-refractivity contribution in [1.82, 2.24) is 10.2 Å². The highest BCUT2D eigenvalue weighted by molar-refractivity contribution is 7.80. The van der Waals surface area contributed by atoms with Gasteiger partial charge in [-0.05, 0) is 69.1 Å². The Balaban J connectivity index is 1.62. The van der Waals surface area contributed by atoms with Gasteiger partial charge in [0, 0.05) is 24.8 Å². The minimum absolute atomic E-state index is 0.718. The van der Waals surface area contributed by atoms with Crippen molar-refractivity contribution in [2.45, 2.75) is 52.0 Å². The van der Waals surface area contributed by atoms with Crippen LogP contribution in [0.3, 0.4) is 0 Å². The summed E-state index contributed by atoms with van der Waals surface area (Å²) in [5, 5.41) is 7.27. The Morgan fingerprint density at radius 3 is 2.73 bits per heavy atom. The molecule has 0 spiro atoms. The molecule has 1 fully saturated rings. The largest absolute Gasteiger partial charge is 0.362 e. The average Bonchev–Trinajstić information content (AvgIpc) is 2.54. The second-order valence-corrected chi connectivity index (χ2v) is 6.57. The van der Waals surface area contributed by atoms with Gasteiger partial charge in [-0.3, -0.25) is 0 Å². The minimum atomic E-state index is 0.718. The summed E-state index contributed by atoms with van der Waals surface area (Å²) in [6.45, 7) is 7.87. The molecular formula is C18H29N3S. The van der Waals surface area contributed by atoms with Gasteiger partial charge in [0.15, 0.2) is 5.11 Å². The topological polar surface area (TPSA) is 27.3 Å². The summed E-state index contributed by atoms with van der Waals surface area (Å²) in [7, 11) is 0.